The summed E-state index contributed by atoms with van der Waals surface area (Å²) in [5.74, 6) is 6.33. The fraction of sp³-hybridized carbons (Fsp3) is 0.211. The number of rotatable bonds is 3. The van der Waals surface area contributed by atoms with Gasteiger partial charge in [0.25, 0.3) is 0 Å². The number of halogens is 1. The molecule has 1 aromatic carbocycles. The fourth-order valence-electron chi connectivity index (χ4n) is 2.49. The van der Waals surface area contributed by atoms with Gasteiger partial charge in [-0.15, -0.1) is 11.3 Å². The summed E-state index contributed by atoms with van der Waals surface area (Å²) in [5, 5.41) is 0. The Hall–Kier alpha value is -2.22. The molecule has 1 aliphatic rings. The van der Waals surface area contributed by atoms with Crippen molar-refractivity contribution in [1.82, 2.24) is 0 Å². The fourth-order valence-corrected chi connectivity index (χ4v) is 3.60. The zero-order chi connectivity index (χ0) is 16.1. The van der Waals surface area contributed by atoms with Crippen molar-refractivity contribution in [1.29, 1.82) is 0 Å². The van der Waals surface area contributed by atoms with E-state index in [0.29, 0.717) is 13.0 Å². The molecule has 116 valence electrons. The van der Waals surface area contributed by atoms with E-state index in [1.807, 2.05) is 24.5 Å². The highest BCUT2D eigenvalue weighted by molar-refractivity contribution is 7.16. The van der Waals surface area contributed by atoms with Gasteiger partial charge in [-0.1, -0.05) is 30.0 Å². The Labute approximate surface area is 139 Å². The zero-order valence-corrected chi connectivity index (χ0v) is 13.4. The number of thiophene rings is 1. The highest BCUT2D eigenvalue weighted by Gasteiger charge is 2.18. The number of nitrogens with two attached hydrogens (primary N) is 1. The second-order valence-corrected chi connectivity index (χ2v) is 6.31. The number of hydrogen-bond donors (Lipinski definition) is 1. The molecule has 3 rings (SSSR count). The van der Waals surface area contributed by atoms with Gasteiger partial charge in [-0.05, 0) is 35.7 Å². The summed E-state index contributed by atoms with van der Waals surface area (Å²) >= 11 is 1.65. The predicted octanol–water partition coefficient (Wildman–Crippen LogP) is 4.33. The molecule has 2 aromatic rings. The van der Waals surface area contributed by atoms with Gasteiger partial charge in [-0.2, -0.15) is 0 Å². The quantitative estimate of drug-likeness (QED) is 0.839. The van der Waals surface area contributed by atoms with Crippen LogP contribution in [-0.4, -0.2) is 12.8 Å². The molecular weight excluding hydrogens is 307 g/mol. The molecule has 1 aliphatic heterocycles. The van der Waals surface area contributed by atoms with Crippen molar-refractivity contribution in [2.75, 3.05) is 6.54 Å². The van der Waals surface area contributed by atoms with Gasteiger partial charge in [0.1, 0.15) is 5.82 Å². The topological polar surface area (TPSA) is 38.4 Å². The second-order valence-electron chi connectivity index (χ2n) is 5.26. The van der Waals surface area contributed by atoms with Crippen LogP contribution in [-0.2, 0) is 0 Å². The van der Waals surface area contributed by atoms with Crippen molar-refractivity contribution in [3.8, 4) is 22.3 Å². The van der Waals surface area contributed by atoms with E-state index >= 15 is 0 Å². The van der Waals surface area contributed by atoms with E-state index in [1.165, 1.54) is 17.7 Å². The smallest absolute Gasteiger partial charge is 0.123 e. The first-order valence-corrected chi connectivity index (χ1v) is 8.36. The van der Waals surface area contributed by atoms with E-state index in [1.54, 1.807) is 11.3 Å². The molecule has 0 saturated carbocycles. The number of benzene rings is 1. The van der Waals surface area contributed by atoms with Crippen LogP contribution in [0.4, 0.5) is 4.39 Å². The van der Waals surface area contributed by atoms with E-state index in [0.717, 1.165) is 21.7 Å². The van der Waals surface area contributed by atoms with Crippen molar-refractivity contribution in [3.05, 3.63) is 58.9 Å². The molecule has 1 unspecified atom stereocenters. The molecule has 2 N–H and O–H groups in total. The summed E-state index contributed by atoms with van der Waals surface area (Å²) in [4.78, 5) is 6.30. The molecular formula is C19H17FN2S. The SMILES string of the molecule is NCCC#Cc1cc(C2C=CN=CC2)c(-c2ccc(F)cc2)s1. The minimum absolute atomic E-state index is 0.223. The maximum atomic E-state index is 13.2. The Bertz CT molecular complexity index is 791. The summed E-state index contributed by atoms with van der Waals surface area (Å²) in [7, 11) is 0. The monoisotopic (exact) mass is 324 g/mol. The molecule has 0 radical (unpaired) electrons. The lowest BCUT2D eigenvalue weighted by molar-refractivity contribution is 0.628. The van der Waals surface area contributed by atoms with Gasteiger partial charge in [0, 0.05) is 36.2 Å². The molecule has 23 heavy (non-hydrogen) atoms. The maximum Gasteiger partial charge on any atom is 0.123 e. The lowest BCUT2D eigenvalue weighted by Crippen LogP contribution is -1.99. The minimum Gasteiger partial charge on any atom is -0.330 e. The third-order valence-corrected chi connectivity index (χ3v) is 4.73. The van der Waals surface area contributed by atoms with Crippen molar-refractivity contribution < 1.29 is 4.39 Å². The number of hydrogen-bond acceptors (Lipinski definition) is 3. The third-order valence-electron chi connectivity index (χ3n) is 3.62. The van der Waals surface area contributed by atoms with Crippen LogP contribution in [0.1, 0.15) is 29.2 Å². The average molecular weight is 324 g/mol. The third kappa shape index (κ3) is 3.76. The molecule has 2 nitrogen and oxygen atoms in total. The molecule has 0 spiro atoms. The Morgan fingerprint density at radius 1 is 1.30 bits per heavy atom. The Balaban J connectivity index is 2.01. The highest BCUT2D eigenvalue weighted by Crippen LogP contribution is 2.39. The van der Waals surface area contributed by atoms with Crippen molar-refractivity contribution >= 4 is 17.6 Å². The van der Waals surface area contributed by atoms with Crippen LogP contribution in [0.3, 0.4) is 0 Å². The molecule has 0 fully saturated rings. The van der Waals surface area contributed by atoms with Crippen LogP contribution in [0.15, 0.2) is 47.6 Å². The summed E-state index contributed by atoms with van der Waals surface area (Å²) in [6.45, 7) is 0.567. The standard InChI is InChI=1S/C19H17FN2S/c20-16-6-4-15(5-7-16)19-18(14-8-11-22-12-9-14)13-17(23-19)3-1-2-10-21/h4-8,11-14H,2,9-10,21H2. The van der Waals surface area contributed by atoms with Crippen molar-refractivity contribution in [2.24, 2.45) is 10.7 Å². The van der Waals surface area contributed by atoms with Crippen LogP contribution in [0.2, 0.25) is 0 Å². The first-order valence-electron chi connectivity index (χ1n) is 7.55. The van der Waals surface area contributed by atoms with Crippen LogP contribution >= 0.6 is 11.3 Å². The number of aliphatic imine (C=N–C) groups is 1. The van der Waals surface area contributed by atoms with Crippen molar-refractivity contribution in [2.45, 2.75) is 18.8 Å². The Kier molecular flexibility index (Phi) is 5.02. The van der Waals surface area contributed by atoms with E-state index in [-0.39, 0.29) is 11.7 Å². The lowest BCUT2D eigenvalue weighted by Gasteiger charge is -2.13. The largest absolute Gasteiger partial charge is 0.330 e. The van der Waals surface area contributed by atoms with Gasteiger partial charge >= 0.3 is 0 Å². The summed E-state index contributed by atoms with van der Waals surface area (Å²) < 4.78 is 13.2. The van der Waals surface area contributed by atoms with Gasteiger partial charge in [-0.25, -0.2) is 4.39 Å². The van der Waals surface area contributed by atoms with E-state index in [2.05, 4.69) is 29.0 Å². The molecule has 0 amide bonds. The van der Waals surface area contributed by atoms with Gasteiger partial charge in [0.15, 0.2) is 0 Å². The summed E-state index contributed by atoms with van der Waals surface area (Å²) in [6, 6.07) is 8.78. The molecule has 4 heteroatoms. The van der Waals surface area contributed by atoms with Gasteiger partial charge in [-0.3, -0.25) is 4.99 Å². The van der Waals surface area contributed by atoms with Crippen LogP contribution in [0.25, 0.3) is 10.4 Å². The average Bonchev–Trinajstić information content (AvgIpc) is 3.01. The van der Waals surface area contributed by atoms with Crippen LogP contribution in [0.5, 0.6) is 0 Å². The normalized spacial score (nSPS) is 16.2. The van der Waals surface area contributed by atoms with E-state index in [4.69, 9.17) is 5.73 Å². The molecule has 1 atom stereocenters. The van der Waals surface area contributed by atoms with Gasteiger partial charge in [0.2, 0.25) is 0 Å². The molecule has 0 bridgehead atoms. The van der Waals surface area contributed by atoms with Gasteiger partial charge < -0.3 is 5.73 Å². The first kappa shape index (κ1) is 15.7. The number of allylic oxidation sites excluding steroid dienone is 1. The Morgan fingerprint density at radius 3 is 2.83 bits per heavy atom. The molecule has 0 saturated heterocycles. The van der Waals surface area contributed by atoms with Crippen molar-refractivity contribution in [3.63, 3.8) is 0 Å². The molecule has 2 heterocycles. The lowest BCUT2D eigenvalue weighted by atomic mass is 9.93. The van der Waals surface area contributed by atoms with E-state index < -0.39 is 0 Å². The molecule has 0 aliphatic carbocycles. The van der Waals surface area contributed by atoms with Crippen LogP contribution in [0, 0.1) is 17.7 Å². The summed E-state index contributed by atoms with van der Waals surface area (Å²) in [5.41, 5.74) is 7.74. The van der Waals surface area contributed by atoms with Crippen LogP contribution < -0.4 is 5.73 Å². The minimum atomic E-state index is -0.223. The first-order chi connectivity index (χ1) is 11.3. The highest BCUT2D eigenvalue weighted by atomic mass is 32.1. The Morgan fingerprint density at radius 2 is 2.13 bits per heavy atom. The zero-order valence-electron chi connectivity index (χ0n) is 12.6. The molecule has 1 aromatic heterocycles. The predicted molar refractivity (Wildman–Crippen MR) is 95.3 cm³/mol. The maximum absolute atomic E-state index is 13.2. The second kappa shape index (κ2) is 7.36. The summed E-state index contributed by atoms with van der Waals surface area (Å²) in [6.07, 6.45) is 7.43. The van der Waals surface area contributed by atoms with E-state index in [9.17, 15) is 4.39 Å². The van der Waals surface area contributed by atoms with Gasteiger partial charge in [0.05, 0.1) is 4.88 Å². The number of nitrogens with zero attached hydrogens (tertiary/aromatic N) is 1.